The number of aliphatic imine (C=N–C) groups is 1. The Morgan fingerprint density at radius 2 is 2.07 bits per heavy atom. The summed E-state index contributed by atoms with van der Waals surface area (Å²) in [6.45, 7) is 0. The van der Waals surface area contributed by atoms with Crippen LogP contribution in [0.4, 0.5) is 13.2 Å². The minimum Gasteiger partial charge on any atom is -0.195 e. The number of nitrogens with zero attached hydrogens (tertiary/aromatic N) is 2. The van der Waals surface area contributed by atoms with Crippen molar-refractivity contribution in [1.82, 2.24) is 0 Å². The average Bonchev–Trinajstić information content (AvgIpc) is 2.13. The van der Waals surface area contributed by atoms with E-state index in [1.807, 2.05) is 5.16 Å². The summed E-state index contributed by atoms with van der Waals surface area (Å²) in [4.78, 5) is 3.38. The zero-order valence-corrected chi connectivity index (χ0v) is 8.14. The molecule has 0 aromatic carbocycles. The first-order chi connectivity index (χ1) is 6.99. The lowest BCUT2D eigenvalue weighted by molar-refractivity contribution is -0.0798. The monoisotopic (exact) mass is 230 g/mol. The van der Waals surface area contributed by atoms with Crippen LogP contribution in [0.15, 0.2) is 41.1 Å². The number of hydrogen-bond acceptors (Lipinski definition) is 3. The highest BCUT2D eigenvalue weighted by atomic mass is 32.1. The topological polar surface area (TPSA) is 36.1 Å². The number of halogens is 3. The number of allylic oxidation sites excluding steroid dienone is 5. The Labute approximate surface area is 89.7 Å². The summed E-state index contributed by atoms with van der Waals surface area (Å²) < 4.78 is 35.3. The van der Waals surface area contributed by atoms with Crippen molar-refractivity contribution in [3.05, 3.63) is 36.1 Å². The molecule has 6 heteroatoms. The summed E-state index contributed by atoms with van der Waals surface area (Å²) in [7, 11) is 0. The predicted molar refractivity (Wildman–Crippen MR) is 53.1 cm³/mol. The number of thiocarbonyl (C=S) groups is 1. The van der Waals surface area contributed by atoms with Gasteiger partial charge in [0.25, 0.3) is 0 Å². The van der Waals surface area contributed by atoms with Crippen LogP contribution in [0.5, 0.6) is 0 Å². The van der Waals surface area contributed by atoms with Crippen LogP contribution in [0.3, 0.4) is 0 Å². The van der Waals surface area contributed by atoms with Gasteiger partial charge in [-0.05, 0) is 30.4 Å². The van der Waals surface area contributed by atoms with Gasteiger partial charge in [0.05, 0.1) is 16.9 Å². The number of isothiocyanates is 1. The third-order valence-electron chi connectivity index (χ3n) is 1.06. The fourth-order valence-corrected chi connectivity index (χ4v) is 0.658. The zero-order valence-electron chi connectivity index (χ0n) is 7.32. The summed E-state index contributed by atoms with van der Waals surface area (Å²) in [5.41, 5.74) is -0.0335. The van der Waals surface area contributed by atoms with Gasteiger partial charge in [0, 0.05) is 12.2 Å². The molecule has 0 aliphatic rings. The molecule has 0 saturated carbocycles. The molecule has 0 atom stereocenters. The van der Waals surface area contributed by atoms with Gasteiger partial charge in [-0.15, -0.1) is 0 Å². The van der Waals surface area contributed by atoms with Gasteiger partial charge in [-0.1, -0.05) is 0 Å². The van der Waals surface area contributed by atoms with Gasteiger partial charge in [-0.25, -0.2) is 0 Å². The molecule has 0 aliphatic heterocycles. The molecule has 0 aromatic heterocycles. The highest BCUT2D eigenvalue weighted by Crippen LogP contribution is 2.17. The minimum absolute atomic E-state index is 0.0230. The van der Waals surface area contributed by atoms with Gasteiger partial charge in [0.2, 0.25) is 0 Å². The van der Waals surface area contributed by atoms with Crippen molar-refractivity contribution in [3.8, 4) is 6.07 Å². The summed E-state index contributed by atoms with van der Waals surface area (Å²) in [6, 6.07) is 1.68. The van der Waals surface area contributed by atoms with Crippen molar-refractivity contribution in [2.45, 2.75) is 6.18 Å². The SMILES string of the molecule is N#C/C=C/C=C(\C=C\C(F)(F)F)N=C=S. The molecule has 15 heavy (non-hydrogen) atoms. The van der Waals surface area contributed by atoms with Crippen LogP contribution in [0.25, 0.3) is 0 Å². The van der Waals surface area contributed by atoms with E-state index in [9.17, 15) is 13.2 Å². The quantitative estimate of drug-likeness (QED) is 0.323. The average molecular weight is 230 g/mol. The molecule has 78 valence electrons. The fourth-order valence-electron chi connectivity index (χ4n) is 0.552. The lowest BCUT2D eigenvalue weighted by atomic mass is 10.3. The highest BCUT2D eigenvalue weighted by Gasteiger charge is 2.21. The normalized spacial score (nSPS) is 12.8. The summed E-state index contributed by atoms with van der Waals surface area (Å²) in [5.74, 6) is 0. The second kappa shape index (κ2) is 6.71. The van der Waals surface area contributed by atoms with Gasteiger partial charge in [0.1, 0.15) is 0 Å². The van der Waals surface area contributed by atoms with Crippen LogP contribution in [0.1, 0.15) is 0 Å². The number of alkyl halides is 3. The van der Waals surface area contributed by atoms with E-state index >= 15 is 0 Å². The predicted octanol–water partition coefficient (Wildman–Crippen LogP) is 3.17. The number of nitriles is 1. The first-order valence-electron chi connectivity index (χ1n) is 3.60. The van der Waals surface area contributed by atoms with Crippen molar-refractivity contribution in [1.29, 1.82) is 5.26 Å². The first kappa shape index (κ1) is 13.3. The standard InChI is InChI=1S/C9H5F3N2S/c10-9(11,12)5-4-8(14-7-15)3-1-2-6-13/h1-5H/b2-1+,5-4+,8-3+. The smallest absolute Gasteiger partial charge is 0.195 e. The van der Waals surface area contributed by atoms with E-state index in [1.165, 1.54) is 12.2 Å². The lowest BCUT2D eigenvalue weighted by Crippen LogP contribution is -2.00. The maximum absolute atomic E-state index is 11.8. The van der Waals surface area contributed by atoms with Crippen molar-refractivity contribution in [3.63, 3.8) is 0 Å². The molecule has 0 spiro atoms. The van der Waals surface area contributed by atoms with Crippen LogP contribution in [-0.2, 0) is 0 Å². The van der Waals surface area contributed by atoms with Crippen LogP contribution in [-0.4, -0.2) is 11.3 Å². The Balaban J connectivity index is 4.78. The zero-order chi connectivity index (χ0) is 11.7. The van der Waals surface area contributed by atoms with Crippen LogP contribution >= 0.6 is 12.2 Å². The Hall–Kier alpha value is -1.70. The van der Waals surface area contributed by atoms with Crippen LogP contribution in [0, 0.1) is 11.3 Å². The van der Waals surface area contributed by atoms with Gasteiger partial charge in [-0.2, -0.15) is 23.4 Å². The molecular formula is C9H5F3N2S. The molecule has 0 amide bonds. The van der Waals surface area contributed by atoms with E-state index in [-0.39, 0.29) is 11.8 Å². The molecule has 2 nitrogen and oxygen atoms in total. The number of rotatable bonds is 3. The second-order valence-corrected chi connectivity index (χ2v) is 2.34. The second-order valence-electron chi connectivity index (χ2n) is 2.16. The van der Waals surface area contributed by atoms with Crippen LogP contribution < -0.4 is 0 Å². The van der Waals surface area contributed by atoms with Crippen molar-refractivity contribution in [2.75, 3.05) is 0 Å². The molecule has 0 saturated heterocycles. The van der Waals surface area contributed by atoms with Crippen molar-refractivity contribution in [2.24, 2.45) is 4.99 Å². The molecular weight excluding hydrogens is 225 g/mol. The van der Waals surface area contributed by atoms with E-state index in [0.29, 0.717) is 0 Å². The Kier molecular flexibility index (Phi) is 5.95. The minimum atomic E-state index is -4.41. The summed E-state index contributed by atoms with van der Waals surface area (Å²) in [5, 5.41) is 10.1. The van der Waals surface area contributed by atoms with Crippen LogP contribution in [0.2, 0.25) is 0 Å². The van der Waals surface area contributed by atoms with E-state index in [4.69, 9.17) is 5.26 Å². The van der Waals surface area contributed by atoms with Gasteiger partial charge >= 0.3 is 6.18 Å². The van der Waals surface area contributed by atoms with E-state index in [1.54, 1.807) is 6.07 Å². The Bertz CT molecular complexity index is 379. The highest BCUT2D eigenvalue weighted by molar-refractivity contribution is 7.78. The fraction of sp³-hybridized carbons (Fsp3) is 0.111. The Morgan fingerprint density at radius 3 is 2.53 bits per heavy atom. The molecule has 0 rings (SSSR count). The van der Waals surface area contributed by atoms with E-state index < -0.39 is 6.18 Å². The maximum atomic E-state index is 11.8. The molecule has 0 fully saturated rings. The largest absolute Gasteiger partial charge is 0.409 e. The summed E-state index contributed by atoms with van der Waals surface area (Å²) in [6.07, 6.45) is -0.0808. The third-order valence-corrected chi connectivity index (χ3v) is 1.15. The van der Waals surface area contributed by atoms with E-state index in [0.717, 1.165) is 12.2 Å². The lowest BCUT2D eigenvalue weighted by Gasteiger charge is -1.96. The molecule has 0 heterocycles. The molecule has 0 N–H and O–H groups in total. The van der Waals surface area contributed by atoms with Crippen molar-refractivity contribution < 1.29 is 13.2 Å². The molecule has 0 bridgehead atoms. The molecule has 0 radical (unpaired) electrons. The third kappa shape index (κ3) is 8.63. The van der Waals surface area contributed by atoms with Gasteiger partial charge in [0.15, 0.2) is 0 Å². The number of hydrogen-bond donors (Lipinski definition) is 0. The van der Waals surface area contributed by atoms with E-state index in [2.05, 4.69) is 17.2 Å². The molecule has 0 aliphatic carbocycles. The van der Waals surface area contributed by atoms with Gasteiger partial charge in [-0.3, -0.25) is 0 Å². The molecule has 0 aromatic rings. The van der Waals surface area contributed by atoms with Gasteiger partial charge < -0.3 is 0 Å². The maximum Gasteiger partial charge on any atom is 0.409 e. The Morgan fingerprint density at radius 1 is 1.40 bits per heavy atom. The summed E-state index contributed by atoms with van der Waals surface area (Å²) >= 11 is 4.25. The molecule has 0 unspecified atom stereocenters. The van der Waals surface area contributed by atoms with Crippen molar-refractivity contribution >= 4 is 17.4 Å². The first-order valence-corrected chi connectivity index (χ1v) is 4.00.